The lowest BCUT2D eigenvalue weighted by Crippen LogP contribution is -2.14. The lowest BCUT2D eigenvalue weighted by atomic mass is 9.98. The lowest BCUT2D eigenvalue weighted by molar-refractivity contribution is -0.140. The van der Waals surface area contributed by atoms with Crippen molar-refractivity contribution in [3.05, 3.63) is 70.8 Å². The van der Waals surface area contributed by atoms with Gasteiger partial charge in [-0.3, -0.25) is 19.2 Å². The van der Waals surface area contributed by atoms with Gasteiger partial charge in [0.2, 0.25) is 11.6 Å². The van der Waals surface area contributed by atoms with E-state index in [1.54, 1.807) is 36.4 Å². The van der Waals surface area contributed by atoms with Crippen LogP contribution in [0.1, 0.15) is 44.7 Å². The fourth-order valence-corrected chi connectivity index (χ4v) is 2.51. The molecule has 2 aromatic carbocycles. The van der Waals surface area contributed by atoms with E-state index >= 15 is 0 Å². The van der Waals surface area contributed by atoms with E-state index in [0.29, 0.717) is 12.8 Å². The smallest absolute Gasteiger partial charge is 0.305 e. The Balaban J connectivity index is 2.00. The number of aryl methyl sites for hydroxylation is 2. The van der Waals surface area contributed by atoms with Crippen molar-refractivity contribution in [2.75, 3.05) is 7.11 Å². The molecule has 0 aliphatic rings. The van der Waals surface area contributed by atoms with E-state index in [4.69, 9.17) is 5.11 Å². The number of hydrogen-bond donors (Lipinski definition) is 1. The summed E-state index contributed by atoms with van der Waals surface area (Å²) in [5.74, 6) is -2.44. The molecule has 0 spiro atoms. The summed E-state index contributed by atoms with van der Waals surface area (Å²) in [7, 11) is 1.33. The molecule has 27 heavy (non-hydrogen) atoms. The second-order valence-electron chi connectivity index (χ2n) is 6.02. The van der Waals surface area contributed by atoms with Gasteiger partial charge in [0.05, 0.1) is 7.11 Å². The van der Waals surface area contributed by atoms with Crippen molar-refractivity contribution >= 4 is 23.5 Å². The van der Waals surface area contributed by atoms with Crippen LogP contribution in [0, 0.1) is 0 Å². The highest BCUT2D eigenvalue weighted by atomic mass is 16.5. The molecule has 0 radical (unpaired) electrons. The molecule has 0 bridgehead atoms. The van der Waals surface area contributed by atoms with Crippen LogP contribution in [0.25, 0.3) is 0 Å². The fraction of sp³-hybridized carbons (Fsp3) is 0.238. The Morgan fingerprint density at radius 1 is 0.741 bits per heavy atom. The Labute approximate surface area is 156 Å². The standard InChI is InChI=1S/C21H20O6/c1-27-19(24)13-7-15-4-10-17(11-5-15)21(26)20(25)16-8-2-14(3-9-16)6-12-18(22)23/h2-5,8-11H,6-7,12-13H2,1H3,(H,22,23). The van der Waals surface area contributed by atoms with Gasteiger partial charge in [-0.15, -0.1) is 0 Å². The Hall–Kier alpha value is -3.28. The zero-order valence-corrected chi connectivity index (χ0v) is 14.9. The maximum absolute atomic E-state index is 12.4. The van der Waals surface area contributed by atoms with Crippen molar-refractivity contribution in [3.63, 3.8) is 0 Å². The summed E-state index contributed by atoms with van der Waals surface area (Å²) in [6.07, 6.45) is 1.11. The van der Waals surface area contributed by atoms with Gasteiger partial charge in [-0.25, -0.2) is 0 Å². The van der Waals surface area contributed by atoms with E-state index < -0.39 is 17.5 Å². The number of carbonyl (C=O) groups excluding carboxylic acids is 3. The van der Waals surface area contributed by atoms with Crippen LogP contribution in [0.3, 0.4) is 0 Å². The molecule has 2 aromatic rings. The highest BCUT2D eigenvalue weighted by molar-refractivity contribution is 6.49. The number of ether oxygens (including phenoxy) is 1. The number of hydrogen-bond acceptors (Lipinski definition) is 5. The average molecular weight is 368 g/mol. The second kappa shape index (κ2) is 9.43. The number of carboxylic acid groups (broad SMARTS) is 1. The molecule has 0 aromatic heterocycles. The molecule has 1 N–H and O–H groups in total. The van der Waals surface area contributed by atoms with Crippen LogP contribution in [-0.2, 0) is 27.2 Å². The van der Waals surface area contributed by atoms with Crippen molar-refractivity contribution in [2.24, 2.45) is 0 Å². The van der Waals surface area contributed by atoms with Crippen molar-refractivity contribution in [1.29, 1.82) is 0 Å². The first kappa shape index (κ1) is 20.0. The zero-order valence-electron chi connectivity index (χ0n) is 14.9. The van der Waals surface area contributed by atoms with Gasteiger partial charge in [0.25, 0.3) is 0 Å². The molecule has 0 saturated heterocycles. The molecule has 140 valence electrons. The number of Topliss-reactive ketones (excluding diaryl/α,β-unsaturated/α-hetero) is 2. The number of carbonyl (C=O) groups is 4. The minimum atomic E-state index is -0.889. The molecule has 2 rings (SSSR count). The molecule has 6 nitrogen and oxygen atoms in total. The van der Waals surface area contributed by atoms with E-state index in [1.165, 1.54) is 19.2 Å². The summed E-state index contributed by atoms with van der Waals surface area (Å²) < 4.78 is 4.58. The zero-order chi connectivity index (χ0) is 19.8. The van der Waals surface area contributed by atoms with Gasteiger partial charge in [-0.05, 0) is 24.0 Å². The van der Waals surface area contributed by atoms with Crippen molar-refractivity contribution < 1.29 is 29.0 Å². The highest BCUT2D eigenvalue weighted by Gasteiger charge is 2.18. The Bertz CT molecular complexity index is 834. The summed E-state index contributed by atoms with van der Waals surface area (Å²) in [6.45, 7) is 0. The first-order valence-corrected chi connectivity index (χ1v) is 8.46. The van der Waals surface area contributed by atoms with Crippen molar-refractivity contribution in [1.82, 2.24) is 0 Å². The maximum atomic E-state index is 12.4. The van der Waals surface area contributed by atoms with Crippen LogP contribution in [0.15, 0.2) is 48.5 Å². The Morgan fingerprint density at radius 2 is 1.15 bits per heavy atom. The number of methoxy groups -OCH3 is 1. The number of aliphatic carboxylic acids is 1. The summed E-state index contributed by atoms with van der Waals surface area (Å²) in [6, 6.07) is 12.9. The van der Waals surface area contributed by atoms with Gasteiger partial charge in [-0.1, -0.05) is 48.5 Å². The molecular formula is C21H20O6. The minimum Gasteiger partial charge on any atom is -0.481 e. The summed E-state index contributed by atoms with van der Waals surface area (Å²) in [4.78, 5) is 46.5. The number of ketones is 2. The number of benzene rings is 2. The molecule has 0 aliphatic carbocycles. The SMILES string of the molecule is COC(=O)CCc1ccc(C(=O)C(=O)c2ccc(CCC(=O)O)cc2)cc1. The molecule has 0 aliphatic heterocycles. The molecule has 0 amide bonds. The van der Waals surface area contributed by atoms with Gasteiger partial charge < -0.3 is 9.84 Å². The highest BCUT2D eigenvalue weighted by Crippen LogP contribution is 2.13. The quantitative estimate of drug-likeness (QED) is 0.415. The lowest BCUT2D eigenvalue weighted by Gasteiger charge is -2.05. The van der Waals surface area contributed by atoms with E-state index in [9.17, 15) is 19.2 Å². The largest absolute Gasteiger partial charge is 0.481 e. The van der Waals surface area contributed by atoms with Crippen LogP contribution in [0.4, 0.5) is 0 Å². The third-order valence-corrected chi connectivity index (χ3v) is 4.11. The van der Waals surface area contributed by atoms with Crippen molar-refractivity contribution in [2.45, 2.75) is 25.7 Å². The average Bonchev–Trinajstić information content (AvgIpc) is 2.70. The number of rotatable bonds is 9. The third-order valence-electron chi connectivity index (χ3n) is 4.11. The van der Waals surface area contributed by atoms with Gasteiger partial charge in [0.15, 0.2) is 0 Å². The summed E-state index contributed by atoms with van der Waals surface area (Å²) in [5, 5.41) is 8.69. The minimum absolute atomic E-state index is 0.00848. The Morgan fingerprint density at radius 3 is 1.52 bits per heavy atom. The molecular weight excluding hydrogens is 348 g/mol. The van der Waals surface area contributed by atoms with E-state index in [-0.39, 0.29) is 29.9 Å². The van der Waals surface area contributed by atoms with E-state index in [2.05, 4.69) is 4.74 Å². The molecule has 0 saturated carbocycles. The van der Waals surface area contributed by atoms with Crippen LogP contribution < -0.4 is 0 Å². The van der Waals surface area contributed by atoms with E-state index in [1.807, 2.05) is 0 Å². The van der Waals surface area contributed by atoms with E-state index in [0.717, 1.165) is 11.1 Å². The van der Waals surface area contributed by atoms with Gasteiger partial charge >= 0.3 is 11.9 Å². The first-order chi connectivity index (χ1) is 12.9. The van der Waals surface area contributed by atoms with Crippen LogP contribution in [-0.4, -0.2) is 35.7 Å². The topological polar surface area (TPSA) is 97.7 Å². The van der Waals surface area contributed by atoms with Crippen LogP contribution in [0.5, 0.6) is 0 Å². The molecule has 0 heterocycles. The predicted molar refractivity (Wildman–Crippen MR) is 97.8 cm³/mol. The van der Waals surface area contributed by atoms with Crippen LogP contribution in [0.2, 0.25) is 0 Å². The monoisotopic (exact) mass is 368 g/mol. The summed E-state index contributed by atoms with van der Waals surface area (Å²) in [5.41, 5.74) is 2.19. The van der Waals surface area contributed by atoms with Crippen molar-refractivity contribution in [3.8, 4) is 0 Å². The molecule has 0 unspecified atom stereocenters. The maximum Gasteiger partial charge on any atom is 0.305 e. The molecule has 0 atom stereocenters. The number of carboxylic acids is 1. The molecule has 6 heteroatoms. The second-order valence-corrected chi connectivity index (χ2v) is 6.02. The predicted octanol–water partition coefficient (Wildman–Crippen LogP) is 2.88. The number of esters is 1. The first-order valence-electron chi connectivity index (χ1n) is 8.46. The molecule has 0 fully saturated rings. The Kier molecular flexibility index (Phi) is 7.00. The van der Waals surface area contributed by atoms with Gasteiger partial charge in [0, 0.05) is 24.0 Å². The fourth-order valence-electron chi connectivity index (χ4n) is 2.51. The normalized spacial score (nSPS) is 10.3. The summed E-state index contributed by atoms with van der Waals surface area (Å²) >= 11 is 0. The third kappa shape index (κ3) is 5.88. The van der Waals surface area contributed by atoms with Gasteiger partial charge in [0.1, 0.15) is 0 Å². The van der Waals surface area contributed by atoms with Crippen LogP contribution >= 0.6 is 0 Å². The van der Waals surface area contributed by atoms with Gasteiger partial charge in [-0.2, -0.15) is 0 Å².